The minimum absolute atomic E-state index is 0.671. The van der Waals surface area contributed by atoms with Gasteiger partial charge in [0.25, 0.3) is 0 Å². The molecule has 1 aliphatic heterocycles. The summed E-state index contributed by atoms with van der Waals surface area (Å²) in [5, 5.41) is 3.40. The average molecular weight is 226 g/mol. The highest BCUT2D eigenvalue weighted by Gasteiger charge is 2.28. The molecule has 0 amide bonds. The van der Waals surface area contributed by atoms with Crippen molar-refractivity contribution in [3.8, 4) is 0 Å². The van der Waals surface area contributed by atoms with Gasteiger partial charge in [-0.3, -0.25) is 4.90 Å². The summed E-state index contributed by atoms with van der Waals surface area (Å²) in [4.78, 5) is 2.59. The van der Waals surface area contributed by atoms with Crippen LogP contribution in [0.25, 0.3) is 0 Å². The normalized spacial score (nSPS) is 36.6. The van der Waals surface area contributed by atoms with Crippen molar-refractivity contribution in [1.82, 2.24) is 10.2 Å². The molecular weight excluding hydrogens is 200 g/mol. The van der Waals surface area contributed by atoms with Gasteiger partial charge in [0.15, 0.2) is 0 Å². The van der Waals surface area contributed by atoms with Crippen LogP contribution in [0.5, 0.6) is 0 Å². The van der Waals surface area contributed by atoms with Crippen molar-refractivity contribution in [3.05, 3.63) is 0 Å². The van der Waals surface area contributed by atoms with Crippen molar-refractivity contribution in [3.63, 3.8) is 0 Å². The number of hydrogen-bond acceptors (Lipinski definition) is 3. The van der Waals surface area contributed by atoms with E-state index in [-0.39, 0.29) is 0 Å². The summed E-state index contributed by atoms with van der Waals surface area (Å²) < 4.78 is 5.58. The second-order valence-corrected chi connectivity index (χ2v) is 5.33. The van der Waals surface area contributed by atoms with E-state index in [2.05, 4.69) is 24.3 Å². The minimum atomic E-state index is 0.671. The van der Waals surface area contributed by atoms with Gasteiger partial charge in [-0.2, -0.15) is 0 Å². The zero-order valence-corrected chi connectivity index (χ0v) is 10.7. The molecule has 3 nitrogen and oxygen atoms in total. The van der Waals surface area contributed by atoms with Gasteiger partial charge in [-0.1, -0.05) is 0 Å². The molecule has 2 fully saturated rings. The quantitative estimate of drug-likeness (QED) is 0.791. The van der Waals surface area contributed by atoms with Gasteiger partial charge < -0.3 is 10.1 Å². The van der Waals surface area contributed by atoms with Crippen molar-refractivity contribution in [2.75, 3.05) is 27.3 Å². The predicted molar refractivity (Wildman–Crippen MR) is 66.7 cm³/mol. The summed E-state index contributed by atoms with van der Waals surface area (Å²) in [6.07, 6.45) is 7.92. The zero-order chi connectivity index (χ0) is 11.4. The van der Waals surface area contributed by atoms with E-state index in [1.54, 1.807) is 0 Å². The molecule has 3 heteroatoms. The van der Waals surface area contributed by atoms with Crippen LogP contribution in [-0.4, -0.2) is 50.3 Å². The largest absolute Gasteiger partial charge is 0.380 e. The van der Waals surface area contributed by atoms with Crippen LogP contribution < -0.4 is 5.32 Å². The van der Waals surface area contributed by atoms with Gasteiger partial charge in [-0.25, -0.2) is 0 Å². The van der Waals surface area contributed by atoms with Gasteiger partial charge in [0, 0.05) is 24.7 Å². The van der Waals surface area contributed by atoms with Crippen LogP contribution in [0.3, 0.4) is 0 Å². The lowest BCUT2D eigenvalue weighted by atomic mass is 9.89. The zero-order valence-electron chi connectivity index (χ0n) is 10.7. The number of ether oxygens (including phenoxy) is 1. The summed E-state index contributed by atoms with van der Waals surface area (Å²) in [5.74, 6) is 0. The van der Waals surface area contributed by atoms with Gasteiger partial charge in [0.05, 0.1) is 6.61 Å². The summed E-state index contributed by atoms with van der Waals surface area (Å²) in [6, 6.07) is 2.22. The Morgan fingerprint density at radius 1 is 1.06 bits per heavy atom. The lowest BCUT2D eigenvalue weighted by Crippen LogP contribution is -2.47. The molecule has 0 aromatic heterocycles. The second kappa shape index (κ2) is 5.99. The molecule has 16 heavy (non-hydrogen) atoms. The van der Waals surface area contributed by atoms with Gasteiger partial charge in [0.1, 0.15) is 0 Å². The molecule has 1 heterocycles. The van der Waals surface area contributed by atoms with Crippen molar-refractivity contribution in [2.24, 2.45) is 0 Å². The Hall–Kier alpha value is -0.120. The van der Waals surface area contributed by atoms with E-state index in [1.165, 1.54) is 38.5 Å². The standard InChI is InChI=1S/C13H26N2O/c1-14-11-5-7-12(8-6-11)15(2)13-4-3-9-16-10-13/h11-14H,3-10H2,1-2H3. The molecule has 0 aromatic rings. The Kier molecular flexibility index (Phi) is 4.62. The van der Waals surface area contributed by atoms with E-state index in [0.717, 1.165) is 25.3 Å². The number of nitrogens with zero attached hydrogens (tertiary/aromatic N) is 1. The number of rotatable bonds is 3. The number of likely N-dealkylation sites (N-methyl/N-ethyl adjacent to an activating group) is 1. The molecule has 94 valence electrons. The molecule has 2 aliphatic rings. The first kappa shape index (κ1) is 12.3. The van der Waals surface area contributed by atoms with Crippen molar-refractivity contribution in [1.29, 1.82) is 0 Å². The topological polar surface area (TPSA) is 24.5 Å². The van der Waals surface area contributed by atoms with Gasteiger partial charge >= 0.3 is 0 Å². The van der Waals surface area contributed by atoms with E-state index in [9.17, 15) is 0 Å². The molecule has 1 aliphatic carbocycles. The van der Waals surface area contributed by atoms with E-state index < -0.39 is 0 Å². The summed E-state index contributed by atoms with van der Waals surface area (Å²) in [5.41, 5.74) is 0. The van der Waals surface area contributed by atoms with Crippen LogP contribution in [0.1, 0.15) is 38.5 Å². The molecule has 1 saturated heterocycles. The van der Waals surface area contributed by atoms with Crippen molar-refractivity contribution in [2.45, 2.75) is 56.7 Å². The predicted octanol–water partition coefficient (Wildman–Crippen LogP) is 1.63. The van der Waals surface area contributed by atoms with E-state index in [0.29, 0.717) is 6.04 Å². The maximum Gasteiger partial charge on any atom is 0.0621 e. The van der Waals surface area contributed by atoms with Gasteiger partial charge in [-0.05, 0) is 52.6 Å². The highest BCUT2D eigenvalue weighted by Crippen LogP contribution is 2.25. The molecule has 1 saturated carbocycles. The molecule has 1 unspecified atom stereocenters. The molecule has 0 spiro atoms. The van der Waals surface area contributed by atoms with E-state index in [1.807, 2.05) is 0 Å². The Labute approximate surface area is 99.5 Å². The maximum atomic E-state index is 5.58. The lowest BCUT2D eigenvalue weighted by Gasteiger charge is -2.40. The molecule has 0 aromatic carbocycles. The first-order valence-electron chi connectivity index (χ1n) is 6.78. The summed E-state index contributed by atoms with van der Waals surface area (Å²) in [7, 11) is 4.38. The minimum Gasteiger partial charge on any atom is -0.380 e. The summed E-state index contributed by atoms with van der Waals surface area (Å²) in [6.45, 7) is 1.92. The molecule has 1 atom stereocenters. The Bertz CT molecular complexity index is 196. The first-order chi connectivity index (χ1) is 7.81. The smallest absolute Gasteiger partial charge is 0.0621 e. The fourth-order valence-corrected chi connectivity index (χ4v) is 3.11. The third-order valence-corrected chi connectivity index (χ3v) is 4.39. The number of hydrogen-bond donors (Lipinski definition) is 1. The third kappa shape index (κ3) is 2.96. The average Bonchev–Trinajstić information content (AvgIpc) is 2.39. The van der Waals surface area contributed by atoms with Crippen LogP contribution in [-0.2, 0) is 4.74 Å². The fourth-order valence-electron chi connectivity index (χ4n) is 3.11. The van der Waals surface area contributed by atoms with Crippen LogP contribution in [0.2, 0.25) is 0 Å². The van der Waals surface area contributed by atoms with Crippen LogP contribution >= 0.6 is 0 Å². The molecular formula is C13H26N2O. The van der Waals surface area contributed by atoms with Crippen molar-refractivity contribution < 1.29 is 4.74 Å². The third-order valence-electron chi connectivity index (χ3n) is 4.39. The Balaban J connectivity index is 1.78. The first-order valence-corrected chi connectivity index (χ1v) is 6.78. The van der Waals surface area contributed by atoms with Crippen LogP contribution in [0, 0.1) is 0 Å². The molecule has 0 radical (unpaired) electrons. The highest BCUT2D eigenvalue weighted by atomic mass is 16.5. The molecule has 1 N–H and O–H groups in total. The van der Waals surface area contributed by atoms with Crippen LogP contribution in [0.4, 0.5) is 0 Å². The SMILES string of the molecule is CNC1CCC(N(C)C2CCCOC2)CC1. The second-order valence-electron chi connectivity index (χ2n) is 5.33. The number of nitrogens with one attached hydrogen (secondary N) is 1. The van der Waals surface area contributed by atoms with E-state index in [4.69, 9.17) is 4.74 Å². The van der Waals surface area contributed by atoms with Crippen LogP contribution in [0.15, 0.2) is 0 Å². The van der Waals surface area contributed by atoms with Gasteiger partial charge in [-0.15, -0.1) is 0 Å². The van der Waals surface area contributed by atoms with Gasteiger partial charge in [0.2, 0.25) is 0 Å². The molecule has 0 bridgehead atoms. The summed E-state index contributed by atoms with van der Waals surface area (Å²) >= 11 is 0. The monoisotopic (exact) mass is 226 g/mol. The Morgan fingerprint density at radius 3 is 2.38 bits per heavy atom. The maximum absolute atomic E-state index is 5.58. The lowest BCUT2D eigenvalue weighted by molar-refractivity contribution is 0.00438. The molecule has 2 rings (SSSR count). The highest BCUT2D eigenvalue weighted by molar-refractivity contribution is 4.84. The Morgan fingerprint density at radius 2 is 1.81 bits per heavy atom. The van der Waals surface area contributed by atoms with E-state index >= 15 is 0 Å². The fraction of sp³-hybridized carbons (Fsp3) is 1.00. The van der Waals surface area contributed by atoms with Crippen molar-refractivity contribution >= 4 is 0 Å².